The van der Waals surface area contributed by atoms with E-state index in [-0.39, 0.29) is 18.8 Å². The van der Waals surface area contributed by atoms with Crippen LogP contribution in [0.5, 0.6) is 5.75 Å². The maximum absolute atomic E-state index is 13.0. The van der Waals surface area contributed by atoms with E-state index < -0.39 is 32.0 Å². The second-order valence-electron chi connectivity index (χ2n) is 8.59. The maximum Gasteiger partial charge on any atom is 0.416 e. The van der Waals surface area contributed by atoms with Crippen LogP contribution in [-0.2, 0) is 37.8 Å². The molecular formula is C23H31F3N2O8S2. The van der Waals surface area contributed by atoms with E-state index in [2.05, 4.69) is 10.2 Å². The molecule has 2 unspecified atom stereocenters. The first-order chi connectivity index (χ1) is 17.5. The van der Waals surface area contributed by atoms with Crippen LogP contribution in [0.4, 0.5) is 13.2 Å². The van der Waals surface area contributed by atoms with Crippen molar-refractivity contribution in [2.24, 2.45) is 0 Å². The molecule has 15 heteroatoms. The van der Waals surface area contributed by atoms with Crippen molar-refractivity contribution in [3.05, 3.63) is 65.2 Å². The van der Waals surface area contributed by atoms with Crippen molar-refractivity contribution in [3.8, 4) is 5.75 Å². The molecular weight excluding hydrogens is 553 g/mol. The van der Waals surface area contributed by atoms with Gasteiger partial charge in [0, 0.05) is 31.7 Å². The van der Waals surface area contributed by atoms with E-state index in [1.165, 1.54) is 6.07 Å². The summed E-state index contributed by atoms with van der Waals surface area (Å²) in [6.45, 7) is 4.08. The van der Waals surface area contributed by atoms with Crippen molar-refractivity contribution in [1.29, 1.82) is 0 Å². The second kappa shape index (κ2) is 13.7. The zero-order valence-electron chi connectivity index (χ0n) is 20.8. The molecule has 3 N–H and O–H groups in total. The van der Waals surface area contributed by atoms with Gasteiger partial charge in [0.25, 0.3) is 20.2 Å². The zero-order valence-corrected chi connectivity index (χ0v) is 22.4. The third-order valence-corrected chi connectivity index (χ3v) is 5.26. The Morgan fingerprint density at radius 2 is 1.58 bits per heavy atom. The van der Waals surface area contributed by atoms with Crippen LogP contribution in [0.15, 0.2) is 48.5 Å². The van der Waals surface area contributed by atoms with Gasteiger partial charge in [-0.15, -0.1) is 0 Å². The van der Waals surface area contributed by atoms with Crippen LogP contribution in [0.25, 0.3) is 0 Å². The number of piperazine rings is 1. The van der Waals surface area contributed by atoms with Gasteiger partial charge in [0.1, 0.15) is 18.5 Å². The molecule has 2 aliphatic heterocycles. The molecule has 0 radical (unpaired) electrons. The van der Waals surface area contributed by atoms with Crippen molar-refractivity contribution < 1.29 is 48.6 Å². The molecule has 4 rings (SSSR count). The first-order valence-electron chi connectivity index (χ1n) is 11.3. The van der Waals surface area contributed by atoms with E-state index in [9.17, 15) is 30.0 Å². The van der Waals surface area contributed by atoms with Crippen LogP contribution in [0.1, 0.15) is 22.7 Å². The summed E-state index contributed by atoms with van der Waals surface area (Å²) in [5.41, 5.74) is 0.926. The monoisotopic (exact) mass is 584 g/mol. The Kier molecular flexibility index (Phi) is 11.5. The fraction of sp³-hybridized carbons (Fsp3) is 0.478. The van der Waals surface area contributed by atoms with Gasteiger partial charge in [-0.25, -0.2) is 0 Å². The van der Waals surface area contributed by atoms with E-state index >= 15 is 0 Å². The van der Waals surface area contributed by atoms with Gasteiger partial charge in [0.15, 0.2) is 0 Å². The Labute approximate surface area is 220 Å². The minimum absolute atomic E-state index is 0.0258. The van der Waals surface area contributed by atoms with E-state index in [4.69, 9.17) is 18.6 Å². The van der Waals surface area contributed by atoms with Crippen LogP contribution in [0.2, 0.25) is 0 Å². The average Bonchev–Trinajstić information content (AvgIpc) is 2.80. The lowest BCUT2D eigenvalue weighted by atomic mass is 9.95. The van der Waals surface area contributed by atoms with Gasteiger partial charge >= 0.3 is 6.18 Å². The number of hydrogen-bond donors (Lipinski definition) is 3. The van der Waals surface area contributed by atoms with Crippen LogP contribution < -0.4 is 10.1 Å². The number of benzene rings is 2. The number of ether oxygens (including phenoxy) is 2. The van der Waals surface area contributed by atoms with Crippen molar-refractivity contribution >= 4 is 20.2 Å². The molecule has 38 heavy (non-hydrogen) atoms. The highest BCUT2D eigenvalue weighted by atomic mass is 32.2. The van der Waals surface area contributed by atoms with Gasteiger partial charge in [-0.3, -0.25) is 14.0 Å². The Hall–Kier alpha value is -2.27. The number of para-hydroxylation sites is 1. The number of nitrogens with one attached hydrogen (secondary N) is 1. The Balaban J connectivity index is 0.000000435. The lowest BCUT2D eigenvalue weighted by Crippen LogP contribution is -2.51. The number of halogens is 3. The van der Waals surface area contributed by atoms with E-state index in [0.29, 0.717) is 24.7 Å². The van der Waals surface area contributed by atoms with Crippen molar-refractivity contribution in [2.75, 3.05) is 45.3 Å². The summed E-state index contributed by atoms with van der Waals surface area (Å²) in [4.78, 5) is 2.37. The lowest BCUT2D eigenvalue weighted by Gasteiger charge is -2.42. The predicted molar refractivity (Wildman–Crippen MR) is 134 cm³/mol. The Bertz CT molecular complexity index is 1210. The fourth-order valence-electron chi connectivity index (χ4n) is 3.89. The smallest absolute Gasteiger partial charge is 0.416 e. The molecule has 0 aromatic heterocycles. The van der Waals surface area contributed by atoms with E-state index in [0.717, 1.165) is 49.6 Å². The van der Waals surface area contributed by atoms with Crippen molar-refractivity contribution in [2.45, 2.75) is 24.9 Å². The van der Waals surface area contributed by atoms with Gasteiger partial charge in [-0.1, -0.05) is 30.3 Å². The Morgan fingerprint density at radius 1 is 1.00 bits per heavy atom. The van der Waals surface area contributed by atoms with Crippen molar-refractivity contribution in [1.82, 2.24) is 10.2 Å². The number of nitrogens with zero attached hydrogens (tertiary/aromatic N) is 1. The van der Waals surface area contributed by atoms with E-state index in [1.807, 2.05) is 24.3 Å². The lowest BCUT2D eigenvalue weighted by molar-refractivity contribution is -0.137. The molecule has 10 nitrogen and oxygen atoms in total. The molecule has 0 spiro atoms. The SMILES string of the molecule is CS(=O)(=O)O.CS(=O)(=O)O.FC(F)(F)c1cccc(COC2COc3ccccc3C2N2CCNCC2)c1. The van der Waals surface area contributed by atoms with Crippen LogP contribution in [0, 0.1) is 0 Å². The molecule has 2 heterocycles. The molecule has 1 fully saturated rings. The third-order valence-electron chi connectivity index (χ3n) is 5.26. The summed E-state index contributed by atoms with van der Waals surface area (Å²) < 4.78 is 103. The average molecular weight is 585 g/mol. The summed E-state index contributed by atoms with van der Waals surface area (Å²) in [6.07, 6.45) is -3.17. The second-order valence-corrected chi connectivity index (χ2v) is 11.5. The first-order valence-corrected chi connectivity index (χ1v) is 15.0. The van der Waals surface area contributed by atoms with Gasteiger partial charge < -0.3 is 14.8 Å². The maximum atomic E-state index is 13.0. The summed E-state index contributed by atoms with van der Waals surface area (Å²) in [5.74, 6) is 0.852. The topological polar surface area (TPSA) is 142 Å². The molecule has 0 saturated carbocycles. The minimum Gasteiger partial charge on any atom is -0.490 e. The summed E-state index contributed by atoms with van der Waals surface area (Å²) in [5, 5.41) is 3.35. The van der Waals surface area contributed by atoms with Crippen molar-refractivity contribution in [3.63, 3.8) is 0 Å². The van der Waals surface area contributed by atoms with Crippen LogP contribution in [-0.4, -0.2) is 82.2 Å². The Morgan fingerprint density at radius 3 is 2.16 bits per heavy atom. The molecule has 2 aliphatic rings. The molecule has 1 saturated heterocycles. The van der Waals surface area contributed by atoms with Gasteiger partial charge in [-0.2, -0.15) is 30.0 Å². The third kappa shape index (κ3) is 12.1. The molecule has 2 aromatic carbocycles. The molecule has 2 aromatic rings. The molecule has 0 bridgehead atoms. The molecule has 0 aliphatic carbocycles. The molecule has 0 amide bonds. The van der Waals surface area contributed by atoms with Crippen LogP contribution in [0.3, 0.4) is 0 Å². The highest BCUT2D eigenvalue weighted by molar-refractivity contribution is 7.85. The number of hydrogen-bond acceptors (Lipinski definition) is 8. The normalized spacial score (nSPS) is 20.1. The highest BCUT2D eigenvalue weighted by Gasteiger charge is 2.36. The van der Waals surface area contributed by atoms with Gasteiger partial charge in [0.05, 0.1) is 30.7 Å². The molecule has 2 atom stereocenters. The molecule has 214 valence electrons. The largest absolute Gasteiger partial charge is 0.490 e. The number of rotatable bonds is 4. The van der Waals surface area contributed by atoms with E-state index in [1.54, 1.807) is 6.07 Å². The van der Waals surface area contributed by atoms with Gasteiger partial charge in [0.2, 0.25) is 0 Å². The first kappa shape index (κ1) is 31.9. The quantitative estimate of drug-likeness (QED) is 0.459. The summed E-state index contributed by atoms with van der Waals surface area (Å²) in [7, 11) is -7.33. The summed E-state index contributed by atoms with van der Waals surface area (Å²) >= 11 is 0. The standard InChI is InChI=1S/C21H23F3N2O2.2CH4O3S/c22-21(23,24)16-5-3-4-15(12-16)13-27-19-14-28-18-7-2-1-6-17(18)20(19)26-10-8-25-9-11-26;2*1-5(2,3)4/h1-7,12,19-20,25H,8-11,13-14H2;2*1H3,(H,2,3,4). The minimum atomic E-state index is -4.35. The number of alkyl halides is 3. The van der Waals surface area contributed by atoms with Crippen LogP contribution >= 0.6 is 0 Å². The predicted octanol–water partition coefficient (Wildman–Crippen LogP) is 2.64. The summed E-state index contributed by atoms with van der Waals surface area (Å²) in [6, 6.07) is 13.2. The fourth-order valence-corrected chi connectivity index (χ4v) is 3.89. The van der Waals surface area contributed by atoms with Gasteiger partial charge in [-0.05, 0) is 23.8 Å². The number of fused-ring (bicyclic) bond motifs is 1. The highest BCUT2D eigenvalue weighted by Crippen LogP contribution is 2.38. The zero-order chi connectivity index (χ0) is 28.6.